The second-order valence-electron chi connectivity index (χ2n) is 7.36. The summed E-state index contributed by atoms with van der Waals surface area (Å²) in [4.78, 5) is 14.7. The van der Waals surface area contributed by atoms with Gasteiger partial charge in [0.15, 0.2) is 0 Å². The van der Waals surface area contributed by atoms with Crippen LogP contribution in [0.25, 0.3) is 11.1 Å². The van der Waals surface area contributed by atoms with Gasteiger partial charge in [0.1, 0.15) is 0 Å². The maximum atomic E-state index is 12.6. The molecular weight excluding hydrogens is 312 g/mol. The molecular formula is C20H26N4O. The highest BCUT2D eigenvalue weighted by molar-refractivity contribution is 5.79. The highest BCUT2D eigenvalue weighted by atomic mass is 16.2. The third kappa shape index (κ3) is 3.33. The van der Waals surface area contributed by atoms with E-state index in [0.29, 0.717) is 11.8 Å². The van der Waals surface area contributed by atoms with Crippen molar-refractivity contribution in [1.82, 2.24) is 20.4 Å². The number of aryl methyl sites for hydroxylation is 1. The van der Waals surface area contributed by atoms with Gasteiger partial charge < -0.3 is 10.2 Å². The Morgan fingerprint density at radius 2 is 2.08 bits per heavy atom. The van der Waals surface area contributed by atoms with E-state index < -0.39 is 0 Å². The minimum absolute atomic E-state index is 0.187. The molecule has 2 fully saturated rings. The number of benzene rings is 1. The van der Waals surface area contributed by atoms with Gasteiger partial charge in [0, 0.05) is 36.8 Å². The smallest absolute Gasteiger partial charge is 0.227 e. The normalized spacial score (nSPS) is 21.6. The summed E-state index contributed by atoms with van der Waals surface area (Å²) in [6, 6.07) is 8.57. The number of carbonyl (C=O) groups is 1. The van der Waals surface area contributed by atoms with Gasteiger partial charge >= 0.3 is 0 Å². The van der Waals surface area contributed by atoms with E-state index in [-0.39, 0.29) is 5.92 Å². The minimum atomic E-state index is 0.187. The Balaban J connectivity index is 1.45. The molecule has 0 spiro atoms. The van der Waals surface area contributed by atoms with E-state index in [1.54, 1.807) is 0 Å². The Kier molecular flexibility index (Phi) is 4.57. The SMILES string of the molecule is Cc1cccc(-c2cn[nH]c2C2CCN(C(=O)[C@H]3CCNC3)CC2)c1. The molecule has 2 N–H and O–H groups in total. The highest BCUT2D eigenvalue weighted by Crippen LogP contribution is 2.34. The van der Waals surface area contributed by atoms with Crippen LogP contribution in [0.2, 0.25) is 0 Å². The number of piperidine rings is 1. The second-order valence-corrected chi connectivity index (χ2v) is 7.36. The van der Waals surface area contributed by atoms with Crippen LogP contribution in [-0.4, -0.2) is 47.2 Å². The van der Waals surface area contributed by atoms with Crippen LogP contribution >= 0.6 is 0 Å². The first-order valence-electron chi connectivity index (χ1n) is 9.32. The number of H-pyrrole nitrogens is 1. The summed E-state index contributed by atoms with van der Waals surface area (Å²) >= 11 is 0. The van der Waals surface area contributed by atoms with Crippen molar-refractivity contribution in [2.45, 2.75) is 32.1 Å². The van der Waals surface area contributed by atoms with E-state index in [1.807, 2.05) is 6.20 Å². The lowest BCUT2D eigenvalue weighted by atomic mass is 9.89. The number of aromatic nitrogens is 2. The summed E-state index contributed by atoms with van der Waals surface area (Å²) in [7, 11) is 0. The van der Waals surface area contributed by atoms with Gasteiger partial charge in [-0.05, 0) is 38.3 Å². The first kappa shape index (κ1) is 16.3. The Morgan fingerprint density at radius 3 is 2.80 bits per heavy atom. The molecule has 132 valence electrons. The summed E-state index contributed by atoms with van der Waals surface area (Å²) in [5, 5.41) is 10.8. The average Bonchev–Trinajstić information content (AvgIpc) is 3.33. The third-order valence-electron chi connectivity index (χ3n) is 5.62. The molecule has 2 aromatic rings. The van der Waals surface area contributed by atoms with Gasteiger partial charge in [-0.3, -0.25) is 9.89 Å². The molecule has 2 saturated heterocycles. The molecule has 0 saturated carbocycles. The predicted molar refractivity (Wildman–Crippen MR) is 98.3 cm³/mol. The highest BCUT2D eigenvalue weighted by Gasteiger charge is 2.31. The Labute approximate surface area is 148 Å². The molecule has 1 amide bonds. The van der Waals surface area contributed by atoms with Gasteiger partial charge in [-0.2, -0.15) is 5.10 Å². The number of likely N-dealkylation sites (tertiary alicyclic amines) is 1. The van der Waals surface area contributed by atoms with Crippen LogP contribution < -0.4 is 5.32 Å². The van der Waals surface area contributed by atoms with Crippen molar-refractivity contribution in [3.8, 4) is 11.1 Å². The number of hydrogen-bond donors (Lipinski definition) is 2. The van der Waals surface area contributed by atoms with Crippen molar-refractivity contribution in [2.75, 3.05) is 26.2 Å². The van der Waals surface area contributed by atoms with Gasteiger partial charge in [-0.1, -0.05) is 29.8 Å². The number of nitrogens with one attached hydrogen (secondary N) is 2. The molecule has 2 aliphatic heterocycles. The van der Waals surface area contributed by atoms with Gasteiger partial charge in [0.2, 0.25) is 5.91 Å². The topological polar surface area (TPSA) is 61.0 Å². The zero-order chi connectivity index (χ0) is 17.2. The Morgan fingerprint density at radius 1 is 1.24 bits per heavy atom. The van der Waals surface area contributed by atoms with Crippen molar-refractivity contribution in [2.24, 2.45) is 5.92 Å². The first-order chi connectivity index (χ1) is 12.2. The lowest BCUT2D eigenvalue weighted by Crippen LogP contribution is -2.42. The average molecular weight is 338 g/mol. The summed E-state index contributed by atoms with van der Waals surface area (Å²) < 4.78 is 0. The van der Waals surface area contributed by atoms with Crippen LogP contribution in [0.15, 0.2) is 30.5 Å². The Hall–Kier alpha value is -2.14. The van der Waals surface area contributed by atoms with Crippen molar-refractivity contribution in [3.63, 3.8) is 0 Å². The molecule has 1 aromatic heterocycles. The summed E-state index contributed by atoms with van der Waals surface area (Å²) in [6.07, 6.45) is 4.93. The number of amides is 1. The maximum absolute atomic E-state index is 12.6. The van der Waals surface area contributed by atoms with Crippen LogP contribution in [0.3, 0.4) is 0 Å². The van der Waals surface area contributed by atoms with Crippen molar-refractivity contribution in [1.29, 1.82) is 0 Å². The van der Waals surface area contributed by atoms with Crippen LogP contribution in [0, 0.1) is 12.8 Å². The van der Waals surface area contributed by atoms with E-state index >= 15 is 0 Å². The van der Waals surface area contributed by atoms with Crippen molar-refractivity contribution < 1.29 is 4.79 Å². The number of nitrogens with zero attached hydrogens (tertiary/aromatic N) is 2. The fraction of sp³-hybridized carbons (Fsp3) is 0.500. The fourth-order valence-electron chi connectivity index (χ4n) is 4.16. The fourth-order valence-corrected chi connectivity index (χ4v) is 4.16. The third-order valence-corrected chi connectivity index (χ3v) is 5.62. The molecule has 25 heavy (non-hydrogen) atoms. The molecule has 0 radical (unpaired) electrons. The number of aromatic amines is 1. The van der Waals surface area contributed by atoms with Gasteiger partial charge in [-0.25, -0.2) is 0 Å². The molecule has 3 heterocycles. The molecule has 0 unspecified atom stereocenters. The van der Waals surface area contributed by atoms with E-state index in [0.717, 1.165) is 45.4 Å². The van der Waals surface area contributed by atoms with Crippen LogP contribution in [-0.2, 0) is 4.79 Å². The largest absolute Gasteiger partial charge is 0.342 e. The molecule has 5 nitrogen and oxygen atoms in total. The van der Waals surface area contributed by atoms with Crippen LogP contribution in [0.5, 0.6) is 0 Å². The zero-order valence-corrected chi connectivity index (χ0v) is 14.8. The second kappa shape index (κ2) is 7.00. The van der Waals surface area contributed by atoms with E-state index in [9.17, 15) is 4.79 Å². The zero-order valence-electron chi connectivity index (χ0n) is 14.8. The summed E-state index contributed by atoms with van der Waals surface area (Å²) in [5.74, 6) is 0.974. The first-order valence-corrected chi connectivity index (χ1v) is 9.32. The lowest BCUT2D eigenvalue weighted by Gasteiger charge is -2.33. The van der Waals surface area contributed by atoms with Gasteiger partial charge in [0.05, 0.1) is 12.1 Å². The standard InChI is InChI=1S/C20H26N4O/c1-14-3-2-4-16(11-14)18-13-22-23-19(18)15-6-9-24(10-7-15)20(25)17-5-8-21-12-17/h2-4,11,13,15,17,21H,5-10,12H2,1H3,(H,22,23)/t17-/m0/s1. The molecule has 0 aliphatic carbocycles. The number of hydrogen-bond acceptors (Lipinski definition) is 3. The quantitative estimate of drug-likeness (QED) is 0.904. The van der Waals surface area contributed by atoms with E-state index in [4.69, 9.17) is 0 Å². The predicted octanol–water partition coefficient (Wildman–Crippen LogP) is 2.70. The minimum Gasteiger partial charge on any atom is -0.342 e. The van der Waals surface area contributed by atoms with Crippen LogP contribution in [0.4, 0.5) is 0 Å². The van der Waals surface area contributed by atoms with E-state index in [1.165, 1.54) is 22.4 Å². The summed E-state index contributed by atoms with van der Waals surface area (Å²) in [6.45, 7) is 5.64. The monoisotopic (exact) mass is 338 g/mol. The van der Waals surface area contributed by atoms with Crippen molar-refractivity contribution >= 4 is 5.91 Å². The molecule has 0 bridgehead atoms. The molecule has 2 aliphatic rings. The number of rotatable bonds is 3. The molecule has 1 aromatic carbocycles. The molecule has 4 rings (SSSR count). The van der Waals surface area contributed by atoms with Crippen LogP contribution in [0.1, 0.15) is 36.4 Å². The van der Waals surface area contributed by atoms with E-state index in [2.05, 4.69) is 51.6 Å². The maximum Gasteiger partial charge on any atom is 0.227 e. The van der Waals surface area contributed by atoms with Crippen molar-refractivity contribution in [3.05, 3.63) is 41.7 Å². The Bertz CT molecular complexity index is 740. The molecule has 1 atom stereocenters. The van der Waals surface area contributed by atoms with Gasteiger partial charge in [-0.15, -0.1) is 0 Å². The lowest BCUT2D eigenvalue weighted by molar-refractivity contribution is -0.136. The number of carbonyl (C=O) groups excluding carboxylic acids is 1. The summed E-state index contributed by atoms with van der Waals surface area (Å²) in [5.41, 5.74) is 4.91. The van der Waals surface area contributed by atoms with Gasteiger partial charge in [0.25, 0.3) is 0 Å². The molecule has 5 heteroatoms.